The molecule has 1 aromatic heterocycles. The van der Waals surface area contributed by atoms with Crippen molar-refractivity contribution in [2.75, 3.05) is 6.54 Å². The Morgan fingerprint density at radius 2 is 1.54 bits per heavy atom. The quantitative estimate of drug-likeness (QED) is 0.191. The van der Waals surface area contributed by atoms with Gasteiger partial charge in [0.15, 0.2) is 5.69 Å². The molecule has 2 heterocycles. The molecule has 286 valence electrons. The fourth-order valence-corrected chi connectivity index (χ4v) is 8.32. The van der Waals surface area contributed by atoms with Crippen LogP contribution < -0.4 is 21.3 Å². The SMILES string of the molecule is CCC[C@H](NC(=O)[C@@H]1C2CCC[C@H]2CN1C(=O)[C@@H](NC(=O)[C@@H](NC(=O)c1cnc(C(=O)O)cn1)C1CCCCC1)C(C)(C)C)C(C)C(=O)NC1CC1. The molecule has 14 heteroatoms. The first-order valence-corrected chi connectivity index (χ1v) is 19.3. The number of nitrogens with zero attached hydrogens (tertiary/aromatic N) is 3. The van der Waals surface area contributed by atoms with Gasteiger partial charge in [-0.05, 0) is 68.1 Å². The first-order chi connectivity index (χ1) is 24.7. The minimum Gasteiger partial charge on any atom is -0.476 e. The van der Waals surface area contributed by atoms with Crippen LogP contribution in [-0.4, -0.2) is 92.2 Å². The summed E-state index contributed by atoms with van der Waals surface area (Å²) in [6, 6.07) is -2.86. The predicted molar refractivity (Wildman–Crippen MR) is 192 cm³/mol. The molecule has 0 aromatic carbocycles. The second-order valence-electron chi connectivity index (χ2n) is 16.5. The monoisotopic (exact) mass is 723 g/mol. The van der Waals surface area contributed by atoms with Gasteiger partial charge in [-0.3, -0.25) is 24.0 Å². The number of likely N-dealkylation sites (tertiary alicyclic amines) is 1. The van der Waals surface area contributed by atoms with Crippen LogP contribution in [0.5, 0.6) is 0 Å². The van der Waals surface area contributed by atoms with Crippen LogP contribution in [0.2, 0.25) is 0 Å². The highest BCUT2D eigenvalue weighted by molar-refractivity contribution is 5.98. The van der Waals surface area contributed by atoms with E-state index >= 15 is 0 Å². The highest BCUT2D eigenvalue weighted by Crippen LogP contribution is 2.43. The normalized spacial score (nSPS) is 24.2. The molecule has 1 aliphatic heterocycles. The van der Waals surface area contributed by atoms with Crippen molar-refractivity contribution in [1.29, 1.82) is 0 Å². The van der Waals surface area contributed by atoms with Gasteiger partial charge in [0.2, 0.25) is 23.6 Å². The molecule has 4 aliphatic rings. The molecule has 5 amide bonds. The van der Waals surface area contributed by atoms with E-state index in [1.54, 1.807) is 4.90 Å². The number of carbonyl (C=O) groups is 6. The molecule has 4 fully saturated rings. The van der Waals surface area contributed by atoms with Gasteiger partial charge in [-0.2, -0.15) is 0 Å². The lowest BCUT2D eigenvalue weighted by Crippen LogP contribution is -2.62. The van der Waals surface area contributed by atoms with Gasteiger partial charge in [-0.25, -0.2) is 14.8 Å². The number of aromatic nitrogens is 2. The molecule has 7 atom stereocenters. The minimum absolute atomic E-state index is 0.0129. The van der Waals surface area contributed by atoms with Crippen LogP contribution in [-0.2, 0) is 19.2 Å². The molecule has 5 rings (SSSR count). The van der Waals surface area contributed by atoms with Crippen LogP contribution in [0.25, 0.3) is 0 Å². The molecule has 14 nitrogen and oxygen atoms in total. The number of hydrogen-bond acceptors (Lipinski definition) is 8. The van der Waals surface area contributed by atoms with Gasteiger partial charge < -0.3 is 31.3 Å². The maximum atomic E-state index is 14.7. The Morgan fingerprint density at radius 1 is 0.865 bits per heavy atom. The van der Waals surface area contributed by atoms with Crippen molar-refractivity contribution in [3.05, 3.63) is 23.8 Å². The molecule has 5 N–H and O–H groups in total. The third kappa shape index (κ3) is 9.27. The number of aromatic carboxylic acids is 1. The van der Waals surface area contributed by atoms with E-state index in [-0.39, 0.29) is 58.9 Å². The van der Waals surface area contributed by atoms with E-state index in [4.69, 9.17) is 0 Å². The Labute approximate surface area is 306 Å². The van der Waals surface area contributed by atoms with E-state index in [9.17, 15) is 33.9 Å². The van der Waals surface area contributed by atoms with Crippen molar-refractivity contribution in [3.63, 3.8) is 0 Å². The molecule has 52 heavy (non-hydrogen) atoms. The fourth-order valence-electron chi connectivity index (χ4n) is 8.32. The standard InChI is InChI=1S/C38H57N7O7/c1-6-11-26(21(2)32(46)41-24-16-17-24)42-35(49)30-25-15-10-14-23(25)20-45(30)36(50)31(38(3,4)5)44-34(48)29(22-12-8-7-9-13-22)43-33(47)27-18-40-28(19-39-27)37(51)52/h18-19,21-26,29-31H,6-17,20H2,1-5H3,(H,41,46)(H,42,49)(H,43,47)(H,44,48)(H,51,52)/t21?,23-,25?,26-,29-,30-,31+/m0/s1. The van der Waals surface area contributed by atoms with Crippen LogP contribution in [0.4, 0.5) is 0 Å². The van der Waals surface area contributed by atoms with E-state index in [1.165, 1.54) is 0 Å². The van der Waals surface area contributed by atoms with Crippen molar-refractivity contribution in [2.45, 2.75) is 142 Å². The average Bonchev–Trinajstić information content (AvgIpc) is 3.68. The third-order valence-corrected chi connectivity index (χ3v) is 11.5. The molecular weight excluding hydrogens is 666 g/mol. The molecule has 0 bridgehead atoms. The summed E-state index contributed by atoms with van der Waals surface area (Å²) < 4.78 is 0. The molecule has 0 spiro atoms. The number of carboxylic acids is 1. The summed E-state index contributed by atoms with van der Waals surface area (Å²) >= 11 is 0. The second kappa shape index (κ2) is 16.7. The average molecular weight is 724 g/mol. The summed E-state index contributed by atoms with van der Waals surface area (Å²) in [6.07, 6.45) is 12.4. The maximum Gasteiger partial charge on any atom is 0.356 e. The minimum atomic E-state index is -1.27. The fraction of sp³-hybridized carbons (Fsp3) is 0.737. The molecule has 3 aliphatic carbocycles. The molecule has 2 unspecified atom stereocenters. The summed E-state index contributed by atoms with van der Waals surface area (Å²) in [5, 5.41) is 21.3. The summed E-state index contributed by atoms with van der Waals surface area (Å²) in [5.74, 6) is -3.56. The highest BCUT2D eigenvalue weighted by Gasteiger charge is 2.52. The summed E-state index contributed by atoms with van der Waals surface area (Å²) in [5.41, 5.74) is -1.18. The van der Waals surface area contributed by atoms with E-state index in [0.717, 1.165) is 70.2 Å². The maximum absolute atomic E-state index is 14.7. The number of rotatable bonds is 14. The van der Waals surface area contributed by atoms with Gasteiger partial charge >= 0.3 is 5.97 Å². The second-order valence-corrected chi connectivity index (χ2v) is 16.5. The van der Waals surface area contributed by atoms with Crippen LogP contribution in [0.3, 0.4) is 0 Å². The van der Waals surface area contributed by atoms with Gasteiger partial charge in [0.05, 0.1) is 18.3 Å². The van der Waals surface area contributed by atoms with Gasteiger partial charge in [-0.15, -0.1) is 0 Å². The van der Waals surface area contributed by atoms with E-state index < -0.39 is 47.2 Å². The number of carboxylic acid groups (broad SMARTS) is 1. The van der Waals surface area contributed by atoms with E-state index in [0.29, 0.717) is 25.8 Å². The van der Waals surface area contributed by atoms with Crippen molar-refractivity contribution in [1.82, 2.24) is 36.1 Å². The molecule has 0 radical (unpaired) electrons. The first-order valence-electron chi connectivity index (χ1n) is 19.3. The molecule has 3 saturated carbocycles. The van der Waals surface area contributed by atoms with Crippen molar-refractivity contribution >= 4 is 35.5 Å². The Kier molecular flexibility index (Phi) is 12.6. The summed E-state index contributed by atoms with van der Waals surface area (Å²) in [7, 11) is 0. The lowest BCUT2D eigenvalue weighted by atomic mass is 9.82. The number of carbonyl (C=O) groups excluding carboxylic acids is 5. The van der Waals surface area contributed by atoms with Gasteiger partial charge in [0.1, 0.15) is 23.8 Å². The van der Waals surface area contributed by atoms with Crippen molar-refractivity contribution in [2.24, 2.45) is 29.1 Å². The van der Waals surface area contributed by atoms with Crippen LogP contribution in [0.15, 0.2) is 12.4 Å². The number of nitrogens with one attached hydrogen (secondary N) is 4. The number of amides is 5. The van der Waals surface area contributed by atoms with E-state index in [2.05, 4.69) is 31.2 Å². The lowest BCUT2D eigenvalue weighted by Gasteiger charge is -2.38. The Morgan fingerprint density at radius 3 is 2.13 bits per heavy atom. The Bertz CT molecular complexity index is 1490. The summed E-state index contributed by atoms with van der Waals surface area (Å²) in [6.45, 7) is 9.88. The Hall–Kier alpha value is -4.10. The lowest BCUT2D eigenvalue weighted by molar-refractivity contribution is -0.145. The zero-order valence-corrected chi connectivity index (χ0v) is 31.3. The van der Waals surface area contributed by atoms with Crippen LogP contribution >= 0.6 is 0 Å². The largest absolute Gasteiger partial charge is 0.476 e. The van der Waals surface area contributed by atoms with Gasteiger partial charge in [0, 0.05) is 18.6 Å². The predicted octanol–water partition coefficient (Wildman–Crippen LogP) is 3.21. The zero-order chi connectivity index (χ0) is 37.7. The molecular formula is C38H57N7O7. The van der Waals surface area contributed by atoms with E-state index in [1.807, 2.05) is 34.6 Å². The Balaban J connectivity index is 1.35. The summed E-state index contributed by atoms with van der Waals surface area (Å²) in [4.78, 5) is 90.2. The van der Waals surface area contributed by atoms with Crippen molar-refractivity contribution in [3.8, 4) is 0 Å². The van der Waals surface area contributed by atoms with Crippen LogP contribution in [0, 0.1) is 29.1 Å². The van der Waals surface area contributed by atoms with Gasteiger partial charge in [0.25, 0.3) is 5.91 Å². The molecule has 1 aromatic rings. The van der Waals surface area contributed by atoms with Gasteiger partial charge in [-0.1, -0.05) is 66.7 Å². The third-order valence-electron chi connectivity index (χ3n) is 11.5. The first kappa shape index (κ1) is 39.1. The van der Waals surface area contributed by atoms with Crippen LogP contribution in [0.1, 0.15) is 133 Å². The smallest absolute Gasteiger partial charge is 0.356 e. The number of fused-ring (bicyclic) bond motifs is 1. The zero-order valence-electron chi connectivity index (χ0n) is 31.3. The highest BCUT2D eigenvalue weighted by atomic mass is 16.4. The molecule has 1 saturated heterocycles. The topological polar surface area (TPSA) is 200 Å². The van der Waals surface area contributed by atoms with Crippen molar-refractivity contribution < 1.29 is 33.9 Å². The number of hydrogen-bond donors (Lipinski definition) is 5.